The predicted molar refractivity (Wildman–Crippen MR) is 107 cm³/mol. The number of carbonyl (C=O) groups excluding carboxylic acids is 1. The quantitative estimate of drug-likeness (QED) is 0.871. The van der Waals surface area contributed by atoms with Gasteiger partial charge in [-0.3, -0.25) is 4.79 Å². The molecule has 2 aliphatic rings. The van der Waals surface area contributed by atoms with Crippen LogP contribution in [0.15, 0.2) is 42.6 Å². The average Bonchev–Trinajstić information content (AvgIpc) is 3.30. The smallest absolute Gasteiger partial charge is 0.241 e. The number of benzene rings is 1. The van der Waals surface area contributed by atoms with E-state index in [-0.39, 0.29) is 24.0 Å². The summed E-state index contributed by atoms with van der Waals surface area (Å²) in [4.78, 5) is 17.5. The van der Waals surface area contributed by atoms with E-state index in [1.165, 1.54) is 16.9 Å². The summed E-state index contributed by atoms with van der Waals surface area (Å²) in [6, 6.07) is 13.0. The lowest BCUT2D eigenvalue weighted by molar-refractivity contribution is -0.135. The number of hydrazine groups is 1. The van der Waals surface area contributed by atoms with Gasteiger partial charge in [0, 0.05) is 50.3 Å². The number of rotatable bonds is 3. The molecule has 2 saturated heterocycles. The standard InChI is InChI=1S/C21H29N5O/c1-15-6-8-17(9-7-15)25-11-12-26(16(2)14-25)21(27)19-13-18(22-23-19)20-5-4-10-24(20)3/h4-10,16,18-19,22-23H,11-14H2,1-3H3. The van der Waals surface area contributed by atoms with Crippen molar-refractivity contribution >= 4 is 11.6 Å². The summed E-state index contributed by atoms with van der Waals surface area (Å²) in [5, 5.41) is 0. The van der Waals surface area contributed by atoms with E-state index < -0.39 is 0 Å². The molecule has 0 saturated carbocycles. The molecule has 6 nitrogen and oxygen atoms in total. The first-order valence-electron chi connectivity index (χ1n) is 9.77. The van der Waals surface area contributed by atoms with Gasteiger partial charge in [-0.1, -0.05) is 17.7 Å². The van der Waals surface area contributed by atoms with E-state index in [0.717, 1.165) is 26.1 Å². The molecule has 2 aromatic rings. The molecule has 3 unspecified atom stereocenters. The molecule has 1 aromatic heterocycles. The SMILES string of the molecule is Cc1ccc(N2CCN(C(=O)C3CC(c4cccn4C)NN3)C(C)C2)cc1. The van der Waals surface area contributed by atoms with E-state index in [1.807, 2.05) is 24.2 Å². The first-order valence-corrected chi connectivity index (χ1v) is 9.77. The predicted octanol–water partition coefficient (Wildman–Crippen LogP) is 1.98. The van der Waals surface area contributed by atoms with E-state index in [0.29, 0.717) is 0 Å². The summed E-state index contributed by atoms with van der Waals surface area (Å²) in [7, 11) is 2.04. The fraction of sp³-hybridized carbons (Fsp3) is 0.476. The second-order valence-corrected chi connectivity index (χ2v) is 7.84. The maximum absolute atomic E-state index is 13.1. The number of aryl methyl sites for hydroxylation is 2. The Hall–Kier alpha value is -2.31. The van der Waals surface area contributed by atoms with Crippen LogP contribution >= 0.6 is 0 Å². The van der Waals surface area contributed by atoms with Crippen molar-refractivity contribution in [2.45, 2.75) is 38.4 Å². The van der Waals surface area contributed by atoms with Gasteiger partial charge in [0.2, 0.25) is 5.91 Å². The molecule has 2 N–H and O–H groups in total. The molecular formula is C21H29N5O. The normalized spacial score (nSPS) is 25.8. The molecule has 0 spiro atoms. The molecule has 1 amide bonds. The van der Waals surface area contributed by atoms with Crippen molar-refractivity contribution in [2.24, 2.45) is 7.05 Å². The minimum absolute atomic E-state index is 0.168. The van der Waals surface area contributed by atoms with Crippen LogP contribution in [0.3, 0.4) is 0 Å². The number of aromatic nitrogens is 1. The molecule has 1 aromatic carbocycles. The van der Waals surface area contributed by atoms with Crippen LogP contribution in [0.4, 0.5) is 5.69 Å². The van der Waals surface area contributed by atoms with Gasteiger partial charge in [0.05, 0.1) is 6.04 Å². The third kappa shape index (κ3) is 3.59. The highest BCUT2D eigenvalue weighted by Crippen LogP contribution is 2.25. The zero-order valence-corrected chi connectivity index (χ0v) is 16.4. The summed E-state index contributed by atoms with van der Waals surface area (Å²) in [5.74, 6) is 0.204. The van der Waals surface area contributed by atoms with Crippen molar-refractivity contribution in [1.29, 1.82) is 0 Å². The molecule has 2 aliphatic heterocycles. The van der Waals surface area contributed by atoms with Gasteiger partial charge in [-0.25, -0.2) is 10.9 Å². The summed E-state index contributed by atoms with van der Waals surface area (Å²) in [6.07, 6.45) is 2.82. The van der Waals surface area contributed by atoms with Gasteiger partial charge in [-0.05, 0) is 44.5 Å². The van der Waals surface area contributed by atoms with Crippen molar-refractivity contribution in [2.75, 3.05) is 24.5 Å². The Balaban J connectivity index is 1.37. The third-order valence-corrected chi connectivity index (χ3v) is 5.85. The molecule has 2 fully saturated rings. The average molecular weight is 367 g/mol. The third-order valence-electron chi connectivity index (χ3n) is 5.85. The van der Waals surface area contributed by atoms with Gasteiger partial charge in [0.25, 0.3) is 0 Å². The minimum Gasteiger partial charge on any atom is -0.368 e. The Kier molecular flexibility index (Phi) is 4.93. The number of nitrogens with one attached hydrogen (secondary N) is 2. The van der Waals surface area contributed by atoms with Crippen molar-refractivity contribution in [3.05, 3.63) is 53.9 Å². The lowest BCUT2D eigenvalue weighted by Gasteiger charge is -2.42. The molecule has 27 heavy (non-hydrogen) atoms. The van der Waals surface area contributed by atoms with Crippen molar-refractivity contribution in [3.8, 4) is 0 Å². The lowest BCUT2D eigenvalue weighted by atomic mass is 10.0. The number of hydrogen-bond acceptors (Lipinski definition) is 4. The monoisotopic (exact) mass is 367 g/mol. The molecule has 3 heterocycles. The number of carbonyl (C=O) groups is 1. The maximum Gasteiger partial charge on any atom is 0.241 e. The van der Waals surface area contributed by atoms with Crippen LogP contribution in [0.5, 0.6) is 0 Å². The highest BCUT2D eigenvalue weighted by molar-refractivity contribution is 5.83. The van der Waals surface area contributed by atoms with E-state index >= 15 is 0 Å². The van der Waals surface area contributed by atoms with Gasteiger partial charge < -0.3 is 14.4 Å². The van der Waals surface area contributed by atoms with Crippen molar-refractivity contribution in [1.82, 2.24) is 20.3 Å². The van der Waals surface area contributed by atoms with E-state index in [2.05, 4.69) is 64.5 Å². The topological polar surface area (TPSA) is 52.5 Å². The van der Waals surface area contributed by atoms with Crippen LogP contribution in [-0.2, 0) is 11.8 Å². The number of amides is 1. The van der Waals surface area contributed by atoms with Crippen LogP contribution < -0.4 is 15.8 Å². The molecule has 0 bridgehead atoms. The molecule has 4 rings (SSSR count). The van der Waals surface area contributed by atoms with Gasteiger partial charge in [-0.15, -0.1) is 0 Å². The number of nitrogens with zero attached hydrogens (tertiary/aromatic N) is 3. The number of piperazine rings is 1. The lowest BCUT2D eigenvalue weighted by Crippen LogP contribution is -2.58. The van der Waals surface area contributed by atoms with Gasteiger partial charge in [0.15, 0.2) is 0 Å². The molecule has 144 valence electrons. The molecule has 3 atom stereocenters. The molecule has 6 heteroatoms. The second-order valence-electron chi connectivity index (χ2n) is 7.84. The minimum atomic E-state index is -0.168. The summed E-state index contributed by atoms with van der Waals surface area (Å²) in [5.41, 5.74) is 10.2. The summed E-state index contributed by atoms with van der Waals surface area (Å²) >= 11 is 0. The van der Waals surface area contributed by atoms with Gasteiger partial charge >= 0.3 is 0 Å². The van der Waals surface area contributed by atoms with Crippen LogP contribution in [-0.4, -0.2) is 47.1 Å². The first kappa shape index (κ1) is 18.1. The van der Waals surface area contributed by atoms with Crippen molar-refractivity contribution in [3.63, 3.8) is 0 Å². The Bertz CT molecular complexity index is 799. The second kappa shape index (κ2) is 7.37. The van der Waals surface area contributed by atoms with Crippen LogP contribution in [0.1, 0.15) is 30.6 Å². The number of anilines is 1. The summed E-state index contributed by atoms with van der Waals surface area (Å²) in [6.45, 7) is 6.77. The highest BCUT2D eigenvalue weighted by atomic mass is 16.2. The molecule has 0 aliphatic carbocycles. The van der Waals surface area contributed by atoms with E-state index in [9.17, 15) is 4.79 Å². The Morgan fingerprint density at radius 1 is 1.11 bits per heavy atom. The Morgan fingerprint density at radius 2 is 1.89 bits per heavy atom. The van der Waals surface area contributed by atoms with Crippen LogP contribution in [0.2, 0.25) is 0 Å². The van der Waals surface area contributed by atoms with E-state index in [1.54, 1.807) is 0 Å². The van der Waals surface area contributed by atoms with Crippen LogP contribution in [0, 0.1) is 6.92 Å². The van der Waals surface area contributed by atoms with Crippen molar-refractivity contribution < 1.29 is 4.79 Å². The zero-order valence-electron chi connectivity index (χ0n) is 16.4. The van der Waals surface area contributed by atoms with Crippen LogP contribution in [0.25, 0.3) is 0 Å². The molecular weight excluding hydrogens is 338 g/mol. The van der Waals surface area contributed by atoms with E-state index in [4.69, 9.17) is 0 Å². The number of hydrogen-bond donors (Lipinski definition) is 2. The molecule has 0 radical (unpaired) electrons. The van der Waals surface area contributed by atoms with Gasteiger partial charge in [-0.2, -0.15) is 0 Å². The fourth-order valence-corrected chi connectivity index (χ4v) is 4.22. The fourth-order valence-electron chi connectivity index (χ4n) is 4.22. The first-order chi connectivity index (χ1) is 13.0. The van der Waals surface area contributed by atoms with Gasteiger partial charge in [0.1, 0.15) is 6.04 Å². The Labute approximate surface area is 161 Å². The largest absolute Gasteiger partial charge is 0.368 e. The summed E-state index contributed by atoms with van der Waals surface area (Å²) < 4.78 is 2.11. The highest BCUT2D eigenvalue weighted by Gasteiger charge is 2.37. The zero-order chi connectivity index (χ0) is 19.0. The Morgan fingerprint density at radius 3 is 2.56 bits per heavy atom. The maximum atomic E-state index is 13.1.